The zero-order valence-corrected chi connectivity index (χ0v) is 8.94. The highest BCUT2D eigenvalue weighted by molar-refractivity contribution is 7.09. The number of carbonyl (C=O) groups is 1. The molecule has 0 saturated heterocycles. The highest BCUT2D eigenvalue weighted by Gasteiger charge is 2.22. The Morgan fingerprint density at radius 1 is 1.69 bits per heavy atom. The van der Waals surface area contributed by atoms with Crippen molar-refractivity contribution < 1.29 is 4.79 Å². The van der Waals surface area contributed by atoms with Crippen LogP contribution in [0.1, 0.15) is 24.5 Å². The van der Waals surface area contributed by atoms with Gasteiger partial charge in [0.2, 0.25) is 0 Å². The molecule has 3 nitrogen and oxygen atoms in total. The van der Waals surface area contributed by atoms with Gasteiger partial charge in [0.15, 0.2) is 5.78 Å². The van der Waals surface area contributed by atoms with Crippen LogP contribution in [0.25, 0.3) is 0 Å². The second-order valence-electron chi connectivity index (χ2n) is 3.68. The van der Waals surface area contributed by atoms with E-state index in [1.165, 1.54) is 0 Å². The molecular weight excluding hydrogens is 184 g/mol. The first-order valence-corrected chi connectivity index (χ1v) is 5.01. The molecule has 1 aromatic heterocycles. The summed E-state index contributed by atoms with van der Waals surface area (Å²) in [6.07, 6.45) is 0.341. The summed E-state index contributed by atoms with van der Waals surface area (Å²) < 4.78 is 0. The Kier molecular flexibility index (Phi) is 2.83. The number of aromatic nitrogens is 1. The molecule has 0 radical (unpaired) electrons. The van der Waals surface area contributed by atoms with E-state index in [1.807, 2.05) is 12.3 Å². The van der Waals surface area contributed by atoms with Gasteiger partial charge in [-0.25, -0.2) is 4.98 Å². The van der Waals surface area contributed by atoms with Crippen molar-refractivity contribution in [1.82, 2.24) is 4.98 Å². The molecule has 0 unspecified atom stereocenters. The van der Waals surface area contributed by atoms with Crippen LogP contribution in [0.3, 0.4) is 0 Å². The minimum Gasteiger partial charge on any atom is -0.319 e. The number of Topliss-reactive ketones (excluding diaryl/α,β-unsaturated/α-hetero) is 1. The Hall–Kier alpha value is -0.740. The van der Waals surface area contributed by atoms with Gasteiger partial charge in [-0.1, -0.05) is 0 Å². The Morgan fingerprint density at radius 2 is 2.31 bits per heavy atom. The van der Waals surface area contributed by atoms with Crippen LogP contribution in [-0.2, 0) is 11.2 Å². The third-order valence-electron chi connectivity index (χ3n) is 1.73. The number of rotatable bonds is 3. The molecular formula is C9H14N2OS. The lowest BCUT2D eigenvalue weighted by Gasteiger charge is -2.15. The molecule has 0 aliphatic heterocycles. The van der Waals surface area contributed by atoms with Crippen LogP contribution in [0, 0.1) is 6.92 Å². The third-order valence-corrected chi connectivity index (χ3v) is 2.55. The van der Waals surface area contributed by atoms with Crippen LogP contribution in [0.4, 0.5) is 0 Å². The van der Waals surface area contributed by atoms with Crippen molar-refractivity contribution in [3.8, 4) is 0 Å². The highest BCUT2D eigenvalue weighted by Crippen LogP contribution is 2.11. The fraction of sp³-hybridized carbons (Fsp3) is 0.556. The number of nitrogens with two attached hydrogens (primary N) is 1. The number of ketones is 1. The molecule has 72 valence electrons. The van der Waals surface area contributed by atoms with Gasteiger partial charge in [-0.05, 0) is 20.8 Å². The fourth-order valence-electron chi connectivity index (χ4n) is 0.882. The van der Waals surface area contributed by atoms with E-state index in [-0.39, 0.29) is 5.78 Å². The first-order valence-electron chi connectivity index (χ1n) is 4.13. The lowest BCUT2D eigenvalue weighted by molar-refractivity contribution is -0.122. The molecule has 0 atom stereocenters. The summed E-state index contributed by atoms with van der Waals surface area (Å²) in [5, 5.41) is 2.89. The van der Waals surface area contributed by atoms with Gasteiger partial charge in [-0.2, -0.15) is 0 Å². The number of nitrogens with zero attached hydrogens (tertiary/aromatic N) is 1. The van der Waals surface area contributed by atoms with Crippen molar-refractivity contribution in [1.29, 1.82) is 0 Å². The summed E-state index contributed by atoms with van der Waals surface area (Å²) >= 11 is 1.55. The van der Waals surface area contributed by atoms with E-state index in [0.717, 1.165) is 10.7 Å². The Morgan fingerprint density at radius 3 is 2.69 bits per heavy atom. The van der Waals surface area contributed by atoms with Crippen LogP contribution < -0.4 is 5.73 Å². The molecule has 0 fully saturated rings. The average molecular weight is 198 g/mol. The number of aryl methyl sites for hydroxylation is 1. The van der Waals surface area contributed by atoms with Gasteiger partial charge >= 0.3 is 0 Å². The van der Waals surface area contributed by atoms with Gasteiger partial charge < -0.3 is 5.73 Å². The standard InChI is InChI=1S/C9H14N2OS/c1-6-11-7(5-13-6)4-8(12)9(2,3)10/h5H,4,10H2,1-3H3. The van der Waals surface area contributed by atoms with Crippen LogP contribution in [0.5, 0.6) is 0 Å². The maximum absolute atomic E-state index is 11.5. The van der Waals surface area contributed by atoms with E-state index in [4.69, 9.17) is 5.73 Å². The first-order chi connectivity index (χ1) is 5.89. The van der Waals surface area contributed by atoms with Crippen LogP contribution >= 0.6 is 11.3 Å². The minimum absolute atomic E-state index is 0.0257. The molecule has 0 spiro atoms. The van der Waals surface area contributed by atoms with Crippen LogP contribution in [-0.4, -0.2) is 16.3 Å². The Balaban J connectivity index is 2.65. The molecule has 1 rings (SSSR count). The lowest BCUT2D eigenvalue weighted by atomic mass is 9.97. The summed E-state index contributed by atoms with van der Waals surface area (Å²) in [6.45, 7) is 5.36. The molecule has 13 heavy (non-hydrogen) atoms. The molecule has 0 aliphatic carbocycles. The molecule has 0 amide bonds. The number of hydrogen-bond acceptors (Lipinski definition) is 4. The van der Waals surface area contributed by atoms with E-state index in [1.54, 1.807) is 25.2 Å². The topological polar surface area (TPSA) is 56.0 Å². The second-order valence-corrected chi connectivity index (χ2v) is 4.74. The molecule has 4 heteroatoms. The quantitative estimate of drug-likeness (QED) is 0.796. The van der Waals surface area contributed by atoms with E-state index >= 15 is 0 Å². The molecule has 0 bridgehead atoms. The van der Waals surface area contributed by atoms with Crippen LogP contribution in [0.2, 0.25) is 0 Å². The molecule has 0 aromatic carbocycles. The van der Waals surface area contributed by atoms with Crippen molar-refractivity contribution in [2.24, 2.45) is 5.73 Å². The molecule has 1 aromatic rings. The van der Waals surface area contributed by atoms with E-state index in [2.05, 4.69) is 4.98 Å². The second kappa shape index (κ2) is 3.55. The van der Waals surface area contributed by atoms with Crippen molar-refractivity contribution in [2.75, 3.05) is 0 Å². The highest BCUT2D eigenvalue weighted by atomic mass is 32.1. The van der Waals surface area contributed by atoms with Crippen LogP contribution in [0.15, 0.2) is 5.38 Å². The molecule has 2 N–H and O–H groups in total. The van der Waals surface area contributed by atoms with Gasteiger partial charge in [0.1, 0.15) is 0 Å². The predicted octanol–water partition coefficient (Wildman–Crippen LogP) is 1.30. The monoisotopic (exact) mass is 198 g/mol. The molecule has 0 aliphatic rings. The normalized spacial score (nSPS) is 11.7. The van der Waals surface area contributed by atoms with Gasteiger partial charge in [0.25, 0.3) is 0 Å². The summed E-state index contributed by atoms with van der Waals surface area (Å²) in [4.78, 5) is 15.7. The maximum Gasteiger partial charge on any atom is 0.158 e. The fourth-order valence-corrected chi connectivity index (χ4v) is 1.49. The van der Waals surface area contributed by atoms with Gasteiger partial charge in [0.05, 0.1) is 22.7 Å². The summed E-state index contributed by atoms with van der Waals surface area (Å²) in [6, 6.07) is 0. The first kappa shape index (κ1) is 10.3. The molecule has 0 saturated carbocycles. The minimum atomic E-state index is -0.752. The number of thiazole rings is 1. The van der Waals surface area contributed by atoms with Crippen molar-refractivity contribution >= 4 is 17.1 Å². The van der Waals surface area contributed by atoms with Crippen molar-refractivity contribution in [2.45, 2.75) is 32.7 Å². The summed E-state index contributed by atoms with van der Waals surface area (Å²) in [5.41, 5.74) is 5.73. The van der Waals surface area contributed by atoms with Crippen molar-refractivity contribution in [3.63, 3.8) is 0 Å². The van der Waals surface area contributed by atoms with Gasteiger partial charge in [-0.3, -0.25) is 4.79 Å². The Bertz CT molecular complexity index is 312. The number of hydrogen-bond donors (Lipinski definition) is 1. The van der Waals surface area contributed by atoms with Gasteiger partial charge in [-0.15, -0.1) is 11.3 Å². The summed E-state index contributed by atoms with van der Waals surface area (Å²) in [7, 11) is 0. The maximum atomic E-state index is 11.5. The van der Waals surface area contributed by atoms with E-state index < -0.39 is 5.54 Å². The lowest BCUT2D eigenvalue weighted by Crippen LogP contribution is -2.42. The SMILES string of the molecule is Cc1nc(CC(=O)C(C)(C)N)cs1. The predicted molar refractivity (Wildman–Crippen MR) is 53.8 cm³/mol. The zero-order valence-electron chi connectivity index (χ0n) is 8.13. The van der Waals surface area contributed by atoms with Gasteiger partial charge in [0, 0.05) is 5.38 Å². The van der Waals surface area contributed by atoms with E-state index in [9.17, 15) is 4.79 Å². The zero-order chi connectivity index (χ0) is 10.1. The number of carbonyl (C=O) groups excluding carboxylic acids is 1. The average Bonchev–Trinajstić information content (AvgIpc) is 2.33. The largest absolute Gasteiger partial charge is 0.319 e. The summed E-state index contributed by atoms with van der Waals surface area (Å²) in [5.74, 6) is 0.0257. The molecule has 1 heterocycles. The smallest absolute Gasteiger partial charge is 0.158 e. The van der Waals surface area contributed by atoms with E-state index in [0.29, 0.717) is 6.42 Å². The third kappa shape index (κ3) is 2.90. The Labute approximate surface area is 82.0 Å². The van der Waals surface area contributed by atoms with Crippen molar-refractivity contribution in [3.05, 3.63) is 16.1 Å².